The van der Waals surface area contributed by atoms with E-state index in [-0.39, 0.29) is 95.9 Å². The van der Waals surface area contributed by atoms with E-state index in [0.717, 1.165) is 0 Å². The van der Waals surface area contributed by atoms with Crippen LogP contribution in [0.3, 0.4) is 0 Å². The van der Waals surface area contributed by atoms with Crippen molar-refractivity contribution >= 4 is 95.9 Å². The highest BCUT2D eigenvalue weighted by atomic mass is 127. The molecule has 0 fully saturated rings. The Hall–Kier alpha value is 1.45. The number of hydrogen-bond acceptors (Lipinski definition) is 0. The second-order valence-corrected chi connectivity index (χ2v) is 5.44. The molecule has 0 aliphatic carbocycles. The number of rotatable bonds is 8. The maximum absolute atomic E-state index is 13.1. The Morgan fingerprint density at radius 3 is 0.629 bits per heavy atom. The molecule has 0 aromatic heterocycles. The van der Waals surface area contributed by atoms with Crippen molar-refractivity contribution in [3.63, 3.8) is 0 Å². The second-order valence-electron chi connectivity index (χ2n) is 5.44. The molecule has 0 rings (SSSR count). The predicted molar refractivity (Wildman–Crippen MR) is 113 cm³/mol. The summed E-state index contributed by atoms with van der Waals surface area (Å²) in [6.07, 6.45) is -14.1. The first-order valence-corrected chi connectivity index (χ1v) is 6.32. The van der Waals surface area contributed by atoms with E-state index in [0.29, 0.717) is 0 Å². The SMILES string of the molecule is FC(F)C(F)(F)C(F)(F)C(F)(F)C(F)(F)C(F)(F)C(F)(F)C(F)(F)C(F)(F)C(F)(F)F.I.I.I.I. The smallest absolute Gasteiger partial charge is 0.203 e. The molecule has 0 saturated heterocycles. The van der Waals surface area contributed by atoms with Crippen molar-refractivity contribution in [2.45, 2.75) is 60.0 Å². The molecule has 0 spiro atoms. The Morgan fingerprint density at radius 2 is 0.457 bits per heavy atom. The third-order valence-corrected chi connectivity index (χ3v) is 3.41. The molecule has 0 unspecified atom stereocenters. The summed E-state index contributed by atoms with van der Waals surface area (Å²) in [5, 5.41) is 0. The number of halogens is 25. The van der Waals surface area contributed by atoms with Crippen molar-refractivity contribution in [1.82, 2.24) is 0 Å². The van der Waals surface area contributed by atoms with Crippen LogP contribution in [0.2, 0.25) is 0 Å². The topological polar surface area (TPSA) is 0 Å². The van der Waals surface area contributed by atoms with Gasteiger partial charge < -0.3 is 0 Å². The van der Waals surface area contributed by atoms with Gasteiger partial charge in [-0.1, -0.05) is 0 Å². The van der Waals surface area contributed by atoms with E-state index in [9.17, 15) is 92.2 Å². The van der Waals surface area contributed by atoms with Crippen molar-refractivity contribution in [1.29, 1.82) is 0 Å². The Labute approximate surface area is 246 Å². The van der Waals surface area contributed by atoms with Gasteiger partial charge in [-0.3, -0.25) is 0 Å². The van der Waals surface area contributed by atoms with Crippen LogP contribution >= 0.6 is 95.9 Å². The minimum atomic E-state index is -9.11. The summed E-state index contributed by atoms with van der Waals surface area (Å²) in [7, 11) is 0. The van der Waals surface area contributed by atoms with E-state index in [1.807, 2.05) is 0 Å². The van der Waals surface area contributed by atoms with Gasteiger partial charge in [0, 0.05) is 0 Å². The van der Waals surface area contributed by atoms with Gasteiger partial charge in [-0.2, -0.15) is 83.4 Å². The molecule has 0 aliphatic rings. The number of alkyl halides is 21. The Bertz CT molecular complexity index is 668. The molecule has 0 radical (unpaired) electrons. The molecule has 0 atom stereocenters. The molecule has 220 valence electrons. The molecule has 0 bridgehead atoms. The summed E-state index contributed by atoms with van der Waals surface area (Å²) in [4.78, 5) is 0. The summed E-state index contributed by atoms with van der Waals surface area (Å²) in [5.41, 5.74) is 0. The first-order valence-electron chi connectivity index (χ1n) is 6.32. The molecular formula is C10H5F21I4. The van der Waals surface area contributed by atoms with Gasteiger partial charge in [-0.15, -0.1) is 95.9 Å². The van der Waals surface area contributed by atoms with E-state index in [2.05, 4.69) is 0 Å². The van der Waals surface area contributed by atoms with Gasteiger partial charge in [-0.05, 0) is 0 Å². The Kier molecular flexibility index (Phi) is 16.3. The molecule has 0 saturated carbocycles. The third kappa shape index (κ3) is 6.28. The third-order valence-electron chi connectivity index (χ3n) is 3.41. The van der Waals surface area contributed by atoms with Crippen LogP contribution in [0.4, 0.5) is 92.2 Å². The highest BCUT2D eigenvalue weighted by Crippen LogP contribution is 2.65. The second kappa shape index (κ2) is 12.3. The van der Waals surface area contributed by atoms with Gasteiger partial charge in [0.15, 0.2) is 0 Å². The highest BCUT2D eigenvalue weighted by Gasteiger charge is 2.97. The molecule has 0 amide bonds. The Morgan fingerprint density at radius 1 is 0.286 bits per heavy atom. The lowest BCUT2D eigenvalue weighted by atomic mass is 9.87. The minimum absolute atomic E-state index is 0. The van der Waals surface area contributed by atoms with Crippen LogP contribution in [0.25, 0.3) is 0 Å². The quantitative estimate of drug-likeness (QED) is 0.168. The van der Waals surface area contributed by atoms with Crippen LogP contribution in [0.1, 0.15) is 0 Å². The lowest BCUT2D eigenvalue weighted by molar-refractivity contribution is -0.471. The fourth-order valence-corrected chi connectivity index (χ4v) is 1.51. The van der Waals surface area contributed by atoms with Gasteiger partial charge in [0.05, 0.1) is 0 Å². The largest absolute Gasteiger partial charge is 0.460 e. The summed E-state index contributed by atoms with van der Waals surface area (Å²) >= 11 is 0. The lowest BCUT2D eigenvalue weighted by Crippen LogP contribution is -2.76. The molecule has 25 heteroatoms. The van der Waals surface area contributed by atoms with Crippen molar-refractivity contribution in [3.05, 3.63) is 0 Å². The van der Waals surface area contributed by atoms with Gasteiger partial charge in [0.1, 0.15) is 0 Å². The Balaban J connectivity index is -0.000000750. The van der Waals surface area contributed by atoms with Crippen LogP contribution in [0.15, 0.2) is 0 Å². The van der Waals surface area contributed by atoms with Gasteiger partial charge in [0.25, 0.3) is 0 Å². The van der Waals surface area contributed by atoms with Crippen molar-refractivity contribution < 1.29 is 92.2 Å². The maximum atomic E-state index is 13.1. The van der Waals surface area contributed by atoms with Crippen molar-refractivity contribution in [3.8, 4) is 0 Å². The average molecular weight is 1030 g/mol. The minimum Gasteiger partial charge on any atom is -0.203 e. The van der Waals surface area contributed by atoms with Crippen LogP contribution in [-0.4, -0.2) is 60.0 Å². The summed E-state index contributed by atoms with van der Waals surface area (Å²) in [6, 6.07) is 0. The zero-order chi connectivity index (χ0) is 26.1. The standard InChI is InChI=1S/C10HF21.4HI/c11-1(12)2(13,14)3(15,16)4(17,18)5(19,20)6(21,22)7(23,24)8(25,26)9(27,28)10(29,30)31;;;;/h1H;4*1H. The van der Waals surface area contributed by atoms with Crippen LogP contribution in [0, 0.1) is 0 Å². The van der Waals surface area contributed by atoms with Crippen molar-refractivity contribution in [2.24, 2.45) is 0 Å². The van der Waals surface area contributed by atoms with E-state index < -0.39 is 60.0 Å². The molecule has 0 N–H and O–H groups in total. The van der Waals surface area contributed by atoms with E-state index in [1.165, 1.54) is 0 Å². The zero-order valence-corrected chi connectivity index (χ0v) is 24.0. The molecule has 0 aromatic carbocycles. The van der Waals surface area contributed by atoms with E-state index >= 15 is 0 Å². The predicted octanol–water partition coefficient (Wildman–Crippen LogP) is 9.37. The molecule has 0 aliphatic heterocycles. The van der Waals surface area contributed by atoms with Gasteiger partial charge in [0.2, 0.25) is 0 Å². The molecule has 0 heterocycles. The average Bonchev–Trinajstić information content (AvgIpc) is 2.52. The highest BCUT2D eigenvalue weighted by molar-refractivity contribution is 14.0. The first kappa shape index (κ1) is 46.3. The summed E-state index contributed by atoms with van der Waals surface area (Å²) < 4.78 is 264. The monoisotopic (exact) mass is 1030 g/mol. The van der Waals surface area contributed by atoms with Crippen LogP contribution in [-0.2, 0) is 0 Å². The zero-order valence-electron chi connectivity index (χ0n) is 14.6. The van der Waals surface area contributed by atoms with E-state index in [4.69, 9.17) is 0 Å². The van der Waals surface area contributed by atoms with Crippen molar-refractivity contribution in [2.75, 3.05) is 0 Å². The van der Waals surface area contributed by atoms with E-state index in [1.54, 1.807) is 0 Å². The molecular weight excluding hydrogens is 1030 g/mol. The molecule has 35 heavy (non-hydrogen) atoms. The van der Waals surface area contributed by atoms with Gasteiger partial charge >= 0.3 is 60.0 Å². The van der Waals surface area contributed by atoms with Crippen LogP contribution < -0.4 is 0 Å². The van der Waals surface area contributed by atoms with Gasteiger partial charge in [-0.25, -0.2) is 8.78 Å². The maximum Gasteiger partial charge on any atom is 0.460 e. The fourth-order valence-electron chi connectivity index (χ4n) is 1.51. The number of hydrogen-bond donors (Lipinski definition) is 0. The fraction of sp³-hybridized carbons (Fsp3) is 1.00. The molecule has 0 aromatic rings. The van der Waals surface area contributed by atoms with Crippen LogP contribution in [0.5, 0.6) is 0 Å². The summed E-state index contributed by atoms with van der Waals surface area (Å²) in [5.74, 6) is -69.5. The summed E-state index contributed by atoms with van der Waals surface area (Å²) in [6.45, 7) is 0. The lowest BCUT2D eigenvalue weighted by Gasteiger charge is -2.43. The first-order chi connectivity index (χ1) is 12.9. The normalized spacial score (nSPS) is 14.9. The molecule has 0 nitrogen and oxygen atoms in total.